The highest BCUT2D eigenvalue weighted by atomic mass is 16.4. The maximum Gasteiger partial charge on any atom is 0.312 e. The first-order valence-electron chi connectivity index (χ1n) is 5.97. The Morgan fingerprint density at radius 3 is 2.80 bits per heavy atom. The minimum atomic E-state index is -1.21. The van der Waals surface area contributed by atoms with Crippen molar-refractivity contribution in [1.82, 2.24) is 15.3 Å². The van der Waals surface area contributed by atoms with E-state index in [1.54, 1.807) is 31.2 Å². The van der Waals surface area contributed by atoms with E-state index >= 15 is 0 Å². The van der Waals surface area contributed by atoms with Crippen LogP contribution in [0, 0.1) is 0 Å². The molecule has 0 bridgehead atoms. The van der Waals surface area contributed by atoms with E-state index < -0.39 is 24.3 Å². The molecule has 3 N–H and O–H groups in total. The van der Waals surface area contributed by atoms with Crippen LogP contribution in [0.3, 0.4) is 0 Å². The first-order chi connectivity index (χ1) is 9.47. The quantitative estimate of drug-likeness (QED) is 0.706. The number of amides is 1. The highest BCUT2D eigenvalue weighted by Crippen LogP contribution is 2.10. The minimum absolute atomic E-state index is 0.285. The van der Waals surface area contributed by atoms with Crippen molar-refractivity contribution in [1.29, 1.82) is 0 Å². The molecule has 20 heavy (non-hydrogen) atoms. The molecular weight excluding hydrogens is 262 g/mol. The maximum absolute atomic E-state index is 11.9. The Morgan fingerprint density at radius 2 is 2.10 bits per heavy atom. The summed E-state index contributed by atoms with van der Waals surface area (Å²) in [6, 6.07) is 6.25. The van der Waals surface area contributed by atoms with E-state index in [0.717, 1.165) is 0 Å². The summed E-state index contributed by atoms with van der Waals surface area (Å²) >= 11 is 0. The Hall–Kier alpha value is -2.70. The van der Waals surface area contributed by atoms with Crippen molar-refractivity contribution >= 4 is 22.8 Å². The van der Waals surface area contributed by atoms with Crippen molar-refractivity contribution < 1.29 is 14.7 Å². The lowest BCUT2D eigenvalue weighted by Crippen LogP contribution is -2.30. The van der Waals surface area contributed by atoms with Crippen molar-refractivity contribution in [2.24, 2.45) is 0 Å². The molecule has 1 unspecified atom stereocenters. The van der Waals surface area contributed by atoms with Gasteiger partial charge in [-0.15, -0.1) is 0 Å². The molecule has 1 aromatic heterocycles. The summed E-state index contributed by atoms with van der Waals surface area (Å²) in [6.45, 7) is 1.62. The number of rotatable bonds is 4. The Bertz CT molecular complexity index is 723. The van der Waals surface area contributed by atoms with Crippen LogP contribution in [-0.4, -0.2) is 27.0 Å². The highest BCUT2D eigenvalue weighted by molar-refractivity contribution is 5.93. The topological polar surface area (TPSA) is 112 Å². The Labute approximate surface area is 113 Å². The fourth-order valence-electron chi connectivity index (χ4n) is 1.81. The second-order valence-electron chi connectivity index (χ2n) is 4.33. The number of nitrogens with zero attached hydrogens (tertiary/aromatic N) is 1. The van der Waals surface area contributed by atoms with Gasteiger partial charge < -0.3 is 15.4 Å². The van der Waals surface area contributed by atoms with Gasteiger partial charge in [0, 0.05) is 0 Å². The zero-order valence-electron chi connectivity index (χ0n) is 10.7. The van der Waals surface area contributed by atoms with Crippen molar-refractivity contribution in [2.45, 2.75) is 19.4 Å². The molecule has 1 amide bonds. The van der Waals surface area contributed by atoms with Gasteiger partial charge in [0.1, 0.15) is 12.2 Å². The van der Waals surface area contributed by atoms with Crippen LogP contribution in [-0.2, 0) is 9.59 Å². The molecule has 0 spiro atoms. The van der Waals surface area contributed by atoms with Crippen LogP contribution in [0.1, 0.15) is 25.2 Å². The first-order valence-corrected chi connectivity index (χ1v) is 5.97. The maximum atomic E-state index is 11.9. The Kier molecular flexibility index (Phi) is 3.79. The minimum Gasteiger partial charge on any atom is -0.481 e. The second-order valence-corrected chi connectivity index (χ2v) is 4.33. The van der Waals surface area contributed by atoms with Crippen LogP contribution < -0.4 is 10.9 Å². The summed E-state index contributed by atoms with van der Waals surface area (Å²) in [6.07, 6.45) is -0.623. The first kappa shape index (κ1) is 13.7. The number of nitrogens with one attached hydrogen (secondary N) is 2. The van der Waals surface area contributed by atoms with E-state index in [9.17, 15) is 14.4 Å². The summed E-state index contributed by atoms with van der Waals surface area (Å²) in [5, 5.41) is 11.4. The van der Waals surface area contributed by atoms with Gasteiger partial charge in [-0.3, -0.25) is 14.4 Å². The molecule has 0 radical (unpaired) electrons. The third-order valence-electron chi connectivity index (χ3n) is 2.73. The number of hydrogen-bond acceptors (Lipinski definition) is 4. The summed E-state index contributed by atoms with van der Waals surface area (Å²) in [7, 11) is 0. The molecule has 0 aliphatic heterocycles. The normalized spacial score (nSPS) is 12.1. The standard InChI is InChI=1S/C13H13N3O4/c1-7(14-10(17)6-11(18)19)12-15-9-5-3-2-4-8(9)13(20)16-12/h2-5,7H,6H2,1H3,(H,14,17)(H,18,19)(H,15,16,20). The number of aromatic amines is 1. The van der Waals surface area contributed by atoms with Crippen molar-refractivity contribution in [3.63, 3.8) is 0 Å². The van der Waals surface area contributed by atoms with Crippen LogP contribution >= 0.6 is 0 Å². The molecule has 1 heterocycles. The number of carboxylic acids is 1. The largest absolute Gasteiger partial charge is 0.481 e. The molecule has 7 nitrogen and oxygen atoms in total. The van der Waals surface area contributed by atoms with Crippen LogP contribution in [0.2, 0.25) is 0 Å². The lowest BCUT2D eigenvalue weighted by atomic mass is 10.2. The lowest BCUT2D eigenvalue weighted by molar-refractivity contribution is -0.140. The predicted molar refractivity (Wildman–Crippen MR) is 71.2 cm³/mol. The average molecular weight is 275 g/mol. The van der Waals surface area contributed by atoms with Crippen LogP contribution in [0.5, 0.6) is 0 Å². The number of para-hydroxylation sites is 1. The van der Waals surface area contributed by atoms with Crippen molar-refractivity contribution in [3.8, 4) is 0 Å². The van der Waals surface area contributed by atoms with E-state index in [1.165, 1.54) is 0 Å². The molecule has 0 aliphatic rings. The number of carboxylic acid groups (broad SMARTS) is 1. The fraction of sp³-hybridized carbons (Fsp3) is 0.231. The molecule has 0 aliphatic carbocycles. The molecule has 0 saturated carbocycles. The SMILES string of the molecule is CC(NC(=O)CC(=O)O)c1nc2ccccc2c(=O)[nH]1. The zero-order valence-corrected chi connectivity index (χ0v) is 10.7. The molecule has 1 aromatic carbocycles. The van der Waals surface area contributed by atoms with E-state index in [-0.39, 0.29) is 11.4 Å². The number of H-pyrrole nitrogens is 1. The van der Waals surface area contributed by atoms with Crippen molar-refractivity contribution in [3.05, 3.63) is 40.4 Å². The summed E-state index contributed by atoms with van der Waals surface area (Å²) in [4.78, 5) is 40.5. The van der Waals surface area contributed by atoms with Gasteiger partial charge in [0.2, 0.25) is 5.91 Å². The van der Waals surface area contributed by atoms with E-state index in [0.29, 0.717) is 10.9 Å². The van der Waals surface area contributed by atoms with Gasteiger partial charge in [0.25, 0.3) is 5.56 Å². The van der Waals surface area contributed by atoms with E-state index in [1.807, 2.05) is 0 Å². The van der Waals surface area contributed by atoms with Crippen LogP contribution in [0.4, 0.5) is 0 Å². The van der Waals surface area contributed by atoms with Gasteiger partial charge in [0.15, 0.2) is 0 Å². The monoisotopic (exact) mass is 275 g/mol. The van der Waals surface area contributed by atoms with Crippen LogP contribution in [0.15, 0.2) is 29.1 Å². The lowest BCUT2D eigenvalue weighted by Gasteiger charge is -2.12. The molecule has 7 heteroatoms. The van der Waals surface area contributed by atoms with Gasteiger partial charge in [-0.25, -0.2) is 4.98 Å². The van der Waals surface area contributed by atoms with E-state index in [2.05, 4.69) is 15.3 Å². The number of carbonyl (C=O) groups is 2. The molecule has 104 valence electrons. The average Bonchev–Trinajstić information content (AvgIpc) is 2.37. The van der Waals surface area contributed by atoms with Gasteiger partial charge >= 0.3 is 5.97 Å². The Morgan fingerprint density at radius 1 is 1.40 bits per heavy atom. The molecule has 1 atom stereocenters. The smallest absolute Gasteiger partial charge is 0.312 e. The van der Waals surface area contributed by atoms with Gasteiger partial charge in [-0.2, -0.15) is 0 Å². The number of fused-ring (bicyclic) bond motifs is 1. The molecule has 0 fully saturated rings. The highest BCUT2D eigenvalue weighted by Gasteiger charge is 2.15. The number of aromatic nitrogens is 2. The summed E-state index contributed by atoms with van der Waals surface area (Å²) in [5.41, 5.74) is 0.218. The van der Waals surface area contributed by atoms with Gasteiger partial charge in [-0.05, 0) is 19.1 Å². The van der Waals surface area contributed by atoms with Crippen LogP contribution in [0.25, 0.3) is 10.9 Å². The Balaban J connectivity index is 2.26. The third-order valence-corrected chi connectivity index (χ3v) is 2.73. The number of hydrogen-bond donors (Lipinski definition) is 3. The third kappa shape index (κ3) is 3.00. The zero-order chi connectivity index (χ0) is 14.7. The van der Waals surface area contributed by atoms with Crippen molar-refractivity contribution in [2.75, 3.05) is 0 Å². The number of benzene rings is 1. The predicted octanol–water partition coefficient (Wildman–Crippen LogP) is 0.575. The van der Waals surface area contributed by atoms with E-state index in [4.69, 9.17) is 5.11 Å². The molecule has 2 rings (SSSR count). The second kappa shape index (κ2) is 5.52. The molecule has 0 saturated heterocycles. The number of carbonyl (C=O) groups excluding carboxylic acids is 1. The summed E-state index contributed by atoms with van der Waals surface area (Å²) < 4.78 is 0. The number of aliphatic carboxylic acids is 1. The van der Waals surface area contributed by atoms with Gasteiger partial charge in [0.05, 0.1) is 16.9 Å². The fourth-order valence-corrected chi connectivity index (χ4v) is 1.81. The molecular formula is C13H13N3O4. The summed E-state index contributed by atoms with van der Waals surface area (Å²) in [5.74, 6) is -1.57. The van der Waals surface area contributed by atoms with Gasteiger partial charge in [-0.1, -0.05) is 12.1 Å². The molecule has 2 aromatic rings.